The molecule has 26 heavy (non-hydrogen) atoms. The van der Waals surface area contributed by atoms with Crippen LogP contribution in [-0.2, 0) is 7.05 Å². The van der Waals surface area contributed by atoms with E-state index in [1.807, 2.05) is 36.5 Å². The number of amides is 1. The number of nitrogens with zero attached hydrogens (tertiary/aromatic N) is 4. The number of carbonyl (C=O) groups excluding carboxylic acids is 1. The quantitative estimate of drug-likeness (QED) is 0.834. The molecule has 0 unspecified atom stereocenters. The third-order valence-electron chi connectivity index (χ3n) is 5.16. The van der Waals surface area contributed by atoms with Crippen molar-refractivity contribution < 1.29 is 4.79 Å². The van der Waals surface area contributed by atoms with Crippen LogP contribution in [0.15, 0.2) is 6.07 Å². The van der Waals surface area contributed by atoms with E-state index in [1.165, 1.54) is 0 Å². The molecule has 2 aromatic rings. The summed E-state index contributed by atoms with van der Waals surface area (Å²) in [6, 6.07) is 1.85. The highest BCUT2D eigenvalue weighted by Gasteiger charge is 2.25. The molecule has 1 fully saturated rings. The Balaban J connectivity index is 0.00000243. The average Bonchev–Trinajstić information content (AvgIpc) is 3.18. The lowest BCUT2D eigenvalue weighted by Crippen LogP contribution is -2.40. The van der Waals surface area contributed by atoms with E-state index in [0.29, 0.717) is 11.6 Å². The summed E-state index contributed by atoms with van der Waals surface area (Å²) in [4.78, 5) is 14.7. The summed E-state index contributed by atoms with van der Waals surface area (Å²) in [6.45, 7) is 9.78. The van der Waals surface area contributed by atoms with Crippen molar-refractivity contribution >= 4 is 18.3 Å². The maximum absolute atomic E-state index is 12.8. The molecule has 3 heterocycles. The highest BCUT2D eigenvalue weighted by atomic mass is 35.5. The smallest absolute Gasteiger partial charge is 0.271 e. The van der Waals surface area contributed by atoms with E-state index in [2.05, 4.69) is 27.5 Å². The predicted molar refractivity (Wildman–Crippen MR) is 105 cm³/mol. The Kier molecular flexibility index (Phi) is 6.83. The molecular weight excluding hydrogens is 352 g/mol. The Morgan fingerprint density at radius 3 is 2.62 bits per heavy atom. The Bertz CT molecular complexity index is 745. The second-order valence-corrected chi connectivity index (χ2v) is 6.88. The highest BCUT2D eigenvalue weighted by molar-refractivity contribution is 5.93. The number of nitrogens with one attached hydrogen (secondary N) is 2. The number of aromatic amines is 1. The van der Waals surface area contributed by atoms with Gasteiger partial charge in [-0.1, -0.05) is 6.92 Å². The average molecular weight is 381 g/mol. The molecule has 2 aromatic heterocycles. The van der Waals surface area contributed by atoms with Crippen LogP contribution in [0, 0.1) is 19.8 Å². The number of aryl methyl sites for hydroxylation is 2. The molecule has 0 aromatic carbocycles. The molecule has 1 saturated heterocycles. The van der Waals surface area contributed by atoms with Gasteiger partial charge in [0, 0.05) is 31.4 Å². The molecule has 3 rings (SSSR count). The molecule has 1 amide bonds. The number of H-pyrrole nitrogens is 1. The Hall–Kier alpha value is -1.86. The second-order valence-electron chi connectivity index (χ2n) is 6.88. The number of rotatable bonds is 5. The zero-order chi connectivity index (χ0) is 18.0. The van der Waals surface area contributed by atoms with Crippen molar-refractivity contribution in [3.05, 3.63) is 23.1 Å². The SMILES string of the molecule is CCNCC1CCN(C(=O)c2cc(-c3c(C)nn(C)c3C)n[nH]2)CC1.Cl. The Labute approximate surface area is 160 Å². The fourth-order valence-corrected chi connectivity index (χ4v) is 3.56. The molecule has 7 nitrogen and oxygen atoms in total. The largest absolute Gasteiger partial charge is 0.337 e. The summed E-state index contributed by atoms with van der Waals surface area (Å²) in [7, 11) is 1.92. The molecule has 0 saturated carbocycles. The third-order valence-corrected chi connectivity index (χ3v) is 5.16. The number of halogens is 1. The summed E-state index contributed by atoms with van der Waals surface area (Å²) in [5.74, 6) is 0.710. The first-order valence-corrected chi connectivity index (χ1v) is 9.07. The number of likely N-dealkylation sites (tertiary alicyclic amines) is 1. The lowest BCUT2D eigenvalue weighted by atomic mass is 9.96. The van der Waals surface area contributed by atoms with Gasteiger partial charge < -0.3 is 10.2 Å². The van der Waals surface area contributed by atoms with E-state index in [1.54, 1.807) is 0 Å². The first kappa shape index (κ1) is 20.5. The highest BCUT2D eigenvalue weighted by Crippen LogP contribution is 2.26. The zero-order valence-corrected chi connectivity index (χ0v) is 16.8. The van der Waals surface area contributed by atoms with Crippen LogP contribution in [0.25, 0.3) is 11.3 Å². The van der Waals surface area contributed by atoms with Crippen molar-refractivity contribution in [3.63, 3.8) is 0 Å². The van der Waals surface area contributed by atoms with Gasteiger partial charge in [0.2, 0.25) is 0 Å². The first-order valence-electron chi connectivity index (χ1n) is 9.07. The first-order chi connectivity index (χ1) is 12.0. The predicted octanol–water partition coefficient (Wildman–Crippen LogP) is 2.31. The molecular formula is C18H29ClN6O. The topological polar surface area (TPSA) is 78.8 Å². The molecule has 1 aliphatic rings. The van der Waals surface area contributed by atoms with Crippen LogP contribution in [0.2, 0.25) is 0 Å². The van der Waals surface area contributed by atoms with E-state index >= 15 is 0 Å². The molecule has 0 radical (unpaired) electrons. The fraction of sp³-hybridized carbons (Fsp3) is 0.611. The van der Waals surface area contributed by atoms with Gasteiger partial charge in [-0.05, 0) is 51.8 Å². The van der Waals surface area contributed by atoms with E-state index in [-0.39, 0.29) is 18.3 Å². The van der Waals surface area contributed by atoms with Crippen LogP contribution in [0.5, 0.6) is 0 Å². The van der Waals surface area contributed by atoms with Crippen molar-refractivity contribution in [1.82, 2.24) is 30.2 Å². The van der Waals surface area contributed by atoms with Crippen LogP contribution in [0.3, 0.4) is 0 Å². The van der Waals surface area contributed by atoms with Crippen LogP contribution >= 0.6 is 12.4 Å². The normalized spacial score (nSPS) is 15.2. The summed E-state index contributed by atoms with van der Waals surface area (Å²) < 4.78 is 1.84. The molecule has 0 bridgehead atoms. The molecule has 0 aliphatic carbocycles. The van der Waals surface area contributed by atoms with Gasteiger partial charge in [-0.25, -0.2) is 0 Å². The maximum Gasteiger partial charge on any atom is 0.271 e. The van der Waals surface area contributed by atoms with E-state index in [4.69, 9.17) is 0 Å². The van der Waals surface area contributed by atoms with Gasteiger partial charge in [0.05, 0.1) is 11.4 Å². The van der Waals surface area contributed by atoms with Gasteiger partial charge in [-0.3, -0.25) is 14.6 Å². The molecule has 2 N–H and O–H groups in total. The number of hydrogen-bond acceptors (Lipinski definition) is 4. The summed E-state index contributed by atoms with van der Waals surface area (Å²) in [5, 5.41) is 15.1. The molecule has 1 aliphatic heterocycles. The third kappa shape index (κ3) is 4.10. The van der Waals surface area contributed by atoms with Crippen molar-refractivity contribution in [1.29, 1.82) is 0 Å². The lowest BCUT2D eigenvalue weighted by Gasteiger charge is -2.31. The minimum absolute atomic E-state index is 0. The van der Waals surface area contributed by atoms with Gasteiger partial charge in [-0.2, -0.15) is 10.2 Å². The minimum atomic E-state index is 0. The van der Waals surface area contributed by atoms with Crippen molar-refractivity contribution in [2.24, 2.45) is 13.0 Å². The molecule has 144 valence electrons. The van der Waals surface area contributed by atoms with Crippen molar-refractivity contribution in [2.75, 3.05) is 26.2 Å². The van der Waals surface area contributed by atoms with E-state index < -0.39 is 0 Å². The Morgan fingerprint density at radius 2 is 2.04 bits per heavy atom. The summed E-state index contributed by atoms with van der Waals surface area (Å²) in [6.07, 6.45) is 2.11. The Morgan fingerprint density at radius 1 is 1.35 bits per heavy atom. The van der Waals surface area contributed by atoms with Gasteiger partial charge in [0.1, 0.15) is 5.69 Å². The number of aromatic nitrogens is 4. The standard InChI is InChI=1S/C18H28N6O.ClH/c1-5-19-11-14-6-8-24(9-7-14)18(25)16-10-15(20-21-16)17-12(2)22-23(4)13(17)3;/h10,14,19H,5-9,11H2,1-4H3,(H,20,21);1H. The van der Waals surface area contributed by atoms with Gasteiger partial charge in [0.15, 0.2) is 0 Å². The van der Waals surface area contributed by atoms with Gasteiger partial charge in [0.25, 0.3) is 5.91 Å². The number of hydrogen-bond donors (Lipinski definition) is 2. The fourth-order valence-electron chi connectivity index (χ4n) is 3.56. The molecule has 8 heteroatoms. The van der Waals surface area contributed by atoms with Crippen LogP contribution in [0.1, 0.15) is 41.6 Å². The van der Waals surface area contributed by atoms with Crippen LogP contribution in [-0.4, -0.2) is 57.0 Å². The monoisotopic (exact) mass is 380 g/mol. The van der Waals surface area contributed by atoms with Crippen LogP contribution in [0.4, 0.5) is 0 Å². The zero-order valence-electron chi connectivity index (χ0n) is 16.0. The second kappa shape index (κ2) is 8.68. The summed E-state index contributed by atoms with van der Waals surface area (Å²) >= 11 is 0. The van der Waals surface area contributed by atoms with Gasteiger partial charge >= 0.3 is 0 Å². The summed E-state index contributed by atoms with van der Waals surface area (Å²) in [5.41, 5.74) is 4.32. The number of carbonyl (C=O) groups is 1. The minimum Gasteiger partial charge on any atom is -0.337 e. The van der Waals surface area contributed by atoms with Crippen LogP contribution < -0.4 is 5.32 Å². The van der Waals surface area contributed by atoms with E-state index in [0.717, 1.165) is 61.7 Å². The maximum atomic E-state index is 12.8. The van der Waals surface area contributed by atoms with Crippen molar-refractivity contribution in [2.45, 2.75) is 33.6 Å². The van der Waals surface area contributed by atoms with Crippen molar-refractivity contribution in [3.8, 4) is 11.3 Å². The molecule has 0 spiro atoms. The van der Waals surface area contributed by atoms with E-state index in [9.17, 15) is 4.79 Å². The lowest BCUT2D eigenvalue weighted by molar-refractivity contribution is 0.0684. The van der Waals surface area contributed by atoms with Gasteiger partial charge in [-0.15, -0.1) is 12.4 Å². The molecule has 0 atom stereocenters. The number of piperidine rings is 1.